The fourth-order valence-electron chi connectivity index (χ4n) is 2.46. The monoisotopic (exact) mass is 232 g/mol. The highest BCUT2D eigenvalue weighted by molar-refractivity contribution is 5.85. The summed E-state index contributed by atoms with van der Waals surface area (Å²) >= 11 is 0. The Balaban J connectivity index is 1.67. The summed E-state index contributed by atoms with van der Waals surface area (Å²) in [4.78, 5) is 12.1. The standard InChI is InChI=1S/C13H16N2O2/c14-8-5-9(6-8)15-13(16)11-7-17-12-4-2-1-3-10(11)12/h1-4,8-9,11H,5-7,14H2,(H,15,16). The molecule has 4 nitrogen and oxygen atoms in total. The summed E-state index contributed by atoms with van der Waals surface area (Å²) < 4.78 is 5.50. The number of amides is 1. The first-order chi connectivity index (χ1) is 8.24. The number of rotatable bonds is 2. The maximum Gasteiger partial charge on any atom is 0.231 e. The van der Waals surface area contributed by atoms with Gasteiger partial charge >= 0.3 is 0 Å². The second kappa shape index (κ2) is 4.04. The van der Waals surface area contributed by atoms with Gasteiger partial charge in [0.15, 0.2) is 0 Å². The maximum atomic E-state index is 12.1. The van der Waals surface area contributed by atoms with Crippen molar-refractivity contribution in [3.8, 4) is 5.75 Å². The Morgan fingerprint density at radius 1 is 1.35 bits per heavy atom. The number of hydrogen-bond donors (Lipinski definition) is 2. The van der Waals surface area contributed by atoms with Crippen molar-refractivity contribution in [2.75, 3.05) is 6.61 Å². The van der Waals surface area contributed by atoms with Crippen molar-refractivity contribution in [2.24, 2.45) is 5.73 Å². The number of carbonyl (C=O) groups excluding carboxylic acids is 1. The van der Waals surface area contributed by atoms with Crippen molar-refractivity contribution in [1.82, 2.24) is 5.32 Å². The quantitative estimate of drug-likeness (QED) is 0.791. The molecule has 1 aromatic carbocycles. The molecule has 0 aromatic heterocycles. The van der Waals surface area contributed by atoms with Crippen LogP contribution in [0.3, 0.4) is 0 Å². The molecule has 1 amide bonds. The van der Waals surface area contributed by atoms with Gasteiger partial charge in [-0.1, -0.05) is 18.2 Å². The van der Waals surface area contributed by atoms with Gasteiger partial charge in [-0.2, -0.15) is 0 Å². The average molecular weight is 232 g/mol. The summed E-state index contributed by atoms with van der Waals surface area (Å²) in [5.41, 5.74) is 6.69. The van der Waals surface area contributed by atoms with E-state index in [1.165, 1.54) is 0 Å². The minimum absolute atomic E-state index is 0.0619. The van der Waals surface area contributed by atoms with E-state index in [0.717, 1.165) is 24.2 Å². The van der Waals surface area contributed by atoms with Gasteiger partial charge < -0.3 is 15.8 Å². The van der Waals surface area contributed by atoms with Crippen LogP contribution in [0.15, 0.2) is 24.3 Å². The van der Waals surface area contributed by atoms with Gasteiger partial charge in [0.05, 0.1) is 0 Å². The summed E-state index contributed by atoms with van der Waals surface area (Å²) in [6, 6.07) is 8.23. The number of hydrogen-bond acceptors (Lipinski definition) is 3. The molecular weight excluding hydrogens is 216 g/mol. The molecular formula is C13H16N2O2. The number of fused-ring (bicyclic) bond motifs is 1. The van der Waals surface area contributed by atoms with Crippen LogP contribution >= 0.6 is 0 Å². The Morgan fingerprint density at radius 2 is 2.12 bits per heavy atom. The van der Waals surface area contributed by atoms with Gasteiger partial charge in [0, 0.05) is 17.6 Å². The number of carbonyl (C=O) groups is 1. The summed E-state index contributed by atoms with van der Waals surface area (Å²) in [5, 5.41) is 3.03. The second-order valence-corrected chi connectivity index (χ2v) is 4.84. The van der Waals surface area contributed by atoms with Gasteiger partial charge in [0.25, 0.3) is 0 Å². The lowest BCUT2D eigenvalue weighted by Gasteiger charge is -2.33. The first-order valence-corrected chi connectivity index (χ1v) is 6.01. The van der Waals surface area contributed by atoms with Crippen LogP contribution in [0.4, 0.5) is 0 Å². The lowest BCUT2D eigenvalue weighted by molar-refractivity contribution is -0.124. The Hall–Kier alpha value is -1.55. The molecule has 3 N–H and O–H groups in total. The zero-order valence-corrected chi connectivity index (χ0v) is 9.56. The zero-order valence-electron chi connectivity index (χ0n) is 9.56. The van der Waals surface area contributed by atoms with Gasteiger partial charge in [-0.25, -0.2) is 0 Å². The van der Waals surface area contributed by atoms with E-state index in [0.29, 0.717) is 6.61 Å². The molecule has 1 aliphatic carbocycles. The van der Waals surface area contributed by atoms with Crippen LogP contribution in [0.25, 0.3) is 0 Å². The molecule has 1 fully saturated rings. The van der Waals surface area contributed by atoms with E-state index in [4.69, 9.17) is 10.5 Å². The predicted molar refractivity (Wildman–Crippen MR) is 63.8 cm³/mol. The molecule has 90 valence electrons. The Bertz CT molecular complexity index is 441. The molecule has 1 aromatic rings. The summed E-state index contributed by atoms with van der Waals surface area (Å²) in [6.45, 7) is 0.448. The lowest BCUT2D eigenvalue weighted by Crippen LogP contribution is -2.51. The highest BCUT2D eigenvalue weighted by Crippen LogP contribution is 2.33. The molecule has 0 spiro atoms. The van der Waals surface area contributed by atoms with Crippen LogP contribution in [0.1, 0.15) is 24.3 Å². The maximum absolute atomic E-state index is 12.1. The third-order valence-corrected chi connectivity index (χ3v) is 3.54. The summed E-state index contributed by atoms with van der Waals surface area (Å²) in [6.07, 6.45) is 1.78. The molecule has 1 unspecified atom stereocenters. The average Bonchev–Trinajstić information content (AvgIpc) is 2.70. The second-order valence-electron chi connectivity index (χ2n) is 4.84. The number of ether oxygens (including phenoxy) is 1. The molecule has 17 heavy (non-hydrogen) atoms. The smallest absolute Gasteiger partial charge is 0.231 e. The van der Waals surface area contributed by atoms with E-state index >= 15 is 0 Å². The topological polar surface area (TPSA) is 64.3 Å². The zero-order chi connectivity index (χ0) is 11.8. The predicted octanol–water partition coefficient (Wildman–Crippen LogP) is 0.768. The Kier molecular flexibility index (Phi) is 2.52. The number of nitrogens with two attached hydrogens (primary N) is 1. The van der Waals surface area contributed by atoms with E-state index in [2.05, 4.69) is 5.32 Å². The van der Waals surface area contributed by atoms with Crippen molar-refractivity contribution in [2.45, 2.75) is 30.8 Å². The van der Waals surface area contributed by atoms with Crippen molar-refractivity contribution in [1.29, 1.82) is 0 Å². The fraction of sp³-hybridized carbons (Fsp3) is 0.462. The van der Waals surface area contributed by atoms with Crippen LogP contribution < -0.4 is 15.8 Å². The van der Waals surface area contributed by atoms with Gasteiger partial charge in [-0.15, -0.1) is 0 Å². The largest absolute Gasteiger partial charge is 0.492 e. The number of nitrogens with one attached hydrogen (secondary N) is 1. The first-order valence-electron chi connectivity index (χ1n) is 6.01. The molecule has 0 bridgehead atoms. The highest BCUT2D eigenvalue weighted by Gasteiger charge is 2.34. The van der Waals surface area contributed by atoms with Crippen molar-refractivity contribution in [3.05, 3.63) is 29.8 Å². The van der Waals surface area contributed by atoms with Crippen molar-refractivity contribution < 1.29 is 9.53 Å². The number of para-hydroxylation sites is 1. The van der Waals surface area contributed by atoms with Gasteiger partial charge in [0.2, 0.25) is 5.91 Å². The molecule has 1 heterocycles. The molecule has 1 aliphatic heterocycles. The minimum Gasteiger partial charge on any atom is -0.492 e. The van der Waals surface area contributed by atoms with Gasteiger partial charge in [0.1, 0.15) is 18.3 Å². The highest BCUT2D eigenvalue weighted by atomic mass is 16.5. The van der Waals surface area contributed by atoms with Gasteiger partial charge in [-0.05, 0) is 18.9 Å². The van der Waals surface area contributed by atoms with Crippen LogP contribution in [0.5, 0.6) is 5.75 Å². The van der Waals surface area contributed by atoms with E-state index in [-0.39, 0.29) is 23.9 Å². The summed E-state index contributed by atoms with van der Waals surface area (Å²) in [5.74, 6) is 0.729. The number of benzene rings is 1. The van der Waals surface area contributed by atoms with Crippen molar-refractivity contribution in [3.63, 3.8) is 0 Å². The van der Waals surface area contributed by atoms with E-state index in [1.54, 1.807) is 0 Å². The SMILES string of the molecule is NC1CC(NC(=O)C2COc3ccccc32)C1. The lowest BCUT2D eigenvalue weighted by atomic mass is 9.87. The molecule has 4 heteroatoms. The minimum atomic E-state index is -0.164. The first kappa shape index (κ1) is 10.6. The molecule has 0 saturated heterocycles. The van der Waals surface area contributed by atoms with Crippen LogP contribution in [0.2, 0.25) is 0 Å². The molecule has 1 saturated carbocycles. The Labute approximate surface area is 100 Å². The van der Waals surface area contributed by atoms with Gasteiger partial charge in [-0.3, -0.25) is 4.79 Å². The van der Waals surface area contributed by atoms with Crippen LogP contribution in [-0.4, -0.2) is 24.6 Å². The normalized spacial score (nSPS) is 30.1. The molecule has 1 atom stereocenters. The Morgan fingerprint density at radius 3 is 2.88 bits per heavy atom. The molecule has 2 aliphatic rings. The van der Waals surface area contributed by atoms with E-state index in [9.17, 15) is 4.79 Å². The van der Waals surface area contributed by atoms with Crippen molar-refractivity contribution >= 4 is 5.91 Å². The van der Waals surface area contributed by atoms with Crippen LogP contribution in [-0.2, 0) is 4.79 Å². The third kappa shape index (κ3) is 1.89. The molecule has 0 radical (unpaired) electrons. The summed E-state index contributed by atoms with van der Waals surface area (Å²) in [7, 11) is 0. The molecule has 3 rings (SSSR count). The van der Waals surface area contributed by atoms with E-state index < -0.39 is 0 Å². The van der Waals surface area contributed by atoms with Crippen LogP contribution in [0, 0.1) is 0 Å². The third-order valence-electron chi connectivity index (χ3n) is 3.54. The fourth-order valence-corrected chi connectivity index (χ4v) is 2.46. The van der Waals surface area contributed by atoms with E-state index in [1.807, 2.05) is 24.3 Å².